The van der Waals surface area contributed by atoms with Gasteiger partial charge in [0.15, 0.2) is 0 Å². The highest BCUT2D eigenvalue weighted by Gasteiger charge is 2.29. The molecule has 0 spiro atoms. The van der Waals surface area contributed by atoms with Crippen LogP contribution in [-0.4, -0.2) is 58.0 Å². The van der Waals surface area contributed by atoms with Crippen LogP contribution in [0.3, 0.4) is 0 Å². The average molecular weight is 433 g/mol. The van der Waals surface area contributed by atoms with E-state index in [2.05, 4.69) is 5.32 Å². The molecule has 1 aliphatic rings. The molecule has 3 rings (SSSR count). The minimum absolute atomic E-state index is 0.0194. The zero-order valence-electron chi connectivity index (χ0n) is 16.4. The van der Waals surface area contributed by atoms with Gasteiger partial charge in [0.2, 0.25) is 15.9 Å². The Bertz CT molecular complexity index is 1020. The second-order valence-corrected chi connectivity index (χ2v) is 8.54. The third-order valence-electron chi connectivity index (χ3n) is 4.72. The molecule has 2 aromatic carbocycles. The van der Waals surface area contributed by atoms with E-state index >= 15 is 0 Å². The zero-order chi connectivity index (χ0) is 21.7. The first-order chi connectivity index (χ1) is 14.3. The van der Waals surface area contributed by atoms with Crippen molar-refractivity contribution in [2.75, 3.05) is 33.4 Å². The van der Waals surface area contributed by atoms with E-state index in [0.29, 0.717) is 18.8 Å². The van der Waals surface area contributed by atoms with Gasteiger partial charge in [0.05, 0.1) is 30.8 Å². The van der Waals surface area contributed by atoms with Crippen LogP contribution in [-0.2, 0) is 19.6 Å². The Morgan fingerprint density at radius 2 is 1.80 bits per heavy atom. The topological polar surface area (TPSA) is 128 Å². The Labute approximate surface area is 174 Å². The molecule has 2 amide bonds. The molecule has 1 unspecified atom stereocenters. The SMILES string of the molecule is COc1ccc(S(=O)(=O)N2CCOCC2)cc1C(=O)NC(C(N)=O)c1ccccc1. The second kappa shape index (κ2) is 9.24. The highest BCUT2D eigenvalue weighted by molar-refractivity contribution is 7.89. The minimum atomic E-state index is -3.81. The van der Waals surface area contributed by atoms with Gasteiger partial charge in [-0.1, -0.05) is 30.3 Å². The number of benzene rings is 2. The van der Waals surface area contributed by atoms with Crippen LogP contribution in [0, 0.1) is 0 Å². The lowest BCUT2D eigenvalue weighted by Crippen LogP contribution is -2.40. The van der Waals surface area contributed by atoms with Crippen LogP contribution in [0.25, 0.3) is 0 Å². The van der Waals surface area contributed by atoms with Crippen LogP contribution in [0.5, 0.6) is 5.75 Å². The minimum Gasteiger partial charge on any atom is -0.496 e. The van der Waals surface area contributed by atoms with E-state index < -0.39 is 27.9 Å². The Morgan fingerprint density at radius 3 is 2.40 bits per heavy atom. The fraction of sp³-hybridized carbons (Fsp3) is 0.300. The molecule has 160 valence electrons. The van der Waals surface area contributed by atoms with Crippen molar-refractivity contribution < 1.29 is 27.5 Å². The third kappa shape index (κ3) is 4.61. The Hall–Kier alpha value is -2.95. The van der Waals surface area contributed by atoms with E-state index in [-0.39, 0.29) is 29.3 Å². The van der Waals surface area contributed by atoms with Gasteiger partial charge in [-0.2, -0.15) is 4.31 Å². The zero-order valence-corrected chi connectivity index (χ0v) is 17.2. The van der Waals surface area contributed by atoms with E-state index in [1.54, 1.807) is 30.3 Å². The summed E-state index contributed by atoms with van der Waals surface area (Å²) in [6.45, 7) is 1.07. The first-order valence-corrected chi connectivity index (χ1v) is 10.7. The molecule has 1 fully saturated rings. The van der Waals surface area contributed by atoms with Crippen molar-refractivity contribution in [2.24, 2.45) is 5.73 Å². The number of hydrogen-bond acceptors (Lipinski definition) is 6. The van der Waals surface area contributed by atoms with Crippen molar-refractivity contribution in [3.63, 3.8) is 0 Å². The number of carbonyl (C=O) groups is 2. The van der Waals surface area contributed by atoms with E-state index in [1.165, 1.54) is 29.6 Å². The number of primary amides is 1. The lowest BCUT2D eigenvalue weighted by molar-refractivity contribution is -0.120. The number of amides is 2. The van der Waals surface area contributed by atoms with Gasteiger partial charge in [-0.25, -0.2) is 8.42 Å². The van der Waals surface area contributed by atoms with E-state index in [4.69, 9.17) is 15.2 Å². The molecule has 1 saturated heterocycles. The number of ether oxygens (including phenoxy) is 2. The number of carbonyl (C=O) groups excluding carboxylic acids is 2. The molecule has 2 aromatic rings. The van der Waals surface area contributed by atoms with Crippen LogP contribution >= 0.6 is 0 Å². The monoisotopic (exact) mass is 433 g/mol. The average Bonchev–Trinajstić information content (AvgIpc) is 2.77. The van der Waals surface area contributed by atoms with Gasteiger partial charge >= 0.3 is 0 Å². The lowest BCUT2D eigenvalue weighted by atomic mass is 10.1. The van der Waals surface area contributed by atoms with Crippen LogP contribution < -0.4 is 15.8 Å². The molecule has 1 heterocycles. The summed E-state index contributed by atoms with van der Waals surface area (Å²) in [6.07, 6.45) is 0. The van der Waals surface area contributed by atoms with Crippen molar-refractivity contribution in [1.29, 1.82) is 0 Å². The number of nitrogens with two attached hydrogens (primary N) is 1. The summed E-state index contributed by atoms with van der Waals surface area (Å²) in [5.74, 6) is -1.26. The molecule has 0 radical (unpaired) electrons. The quantitative estimate of drug-likeness (QED) is 0.661. The van der Waals surface area contributed by atoms with Crippen LogP contribution in [0.2, 0.25) is 0 Å². The molecule has 9 nitrogen and oxygen atoms in total. The van der Waals surface area contributed by atoms with Gasteiger partial charge < -0.3 is 20.5 Å². The van der Waals surface area contributed by atoms with Crippen LogP contribution in [0.4, 0.5) is 0 Å². The van der Waals surface area contributed by atoms with Gasteiger partial charge in [-0.3, -0.25) is 9.59 Å². The predicted octanol–water partition coefficient (Wildman–Crippen LogP) is 0.673. The standard InChI is InChI=1S/C20H23N3O6S/c1-28-17-8-7-15(30(26,27)23-9-11-29-12-10-23)13-16(17)20(25)22-18(19(21)24)14-5-3-2-4-6-14/h2-8,13,18H,9-12H2,1H3,(H2,21,24)(H,22,25). The highest BCUT2D eigenvalue weighted by Crippen LogP contribution is 2.26. The molecule has 1 aliphatic heterocycles. The molecule has 1 atom stereocenters. The number of sulfonamides is 1. The third-order valence-corrected chi connectivity index (χ3v) is 6.61. The first-order valence-electron chi connectivity index (χ1n) is 9.25. The molecule has 0 aliphatic carbocycles. The summed E-state index contributed by atoms with van der Waals surface area (Å²) in [4.78, 5) is 24.8. The molecule has 0 aromatic heterocycles. The first kappa shape index (κ1) is 21.8. The van der Waals surface area contributed by atoms with Gasteiger partial charge in [-0.15, -0.1) is 0 Å². The Morgan fingerprint density at radius 1 is 1.13 bits per heavy atom. The second-order valence-electron chi connectivity index (χ2n) is 6.60. The molecule has 30 heavy (non-hydrogen) atoms. The number of nitrogens with one attached hydrogen (secondary N) is 1. The summed E-state index contributed by atoms with van der Waals surface area (Å²) in [5.41, 5.74) is 5.95. The number of hydrogen-bond donors (Lipinski definition) is 2. The van der Waals surface area contributed by atoms with Crippen molar-refractivity contribution >= 4 is 21.8 Å². The maximum Gasteiger partial charge on any atom is 0.255 e. The van der Waals surface area contributed by atoms with E-state index in [9.17, 15) is 18.0 Å². The summed E-state index contributed by atoms with van der Waals surface area (Å²) < 4.78 is 37.6. The van der Waals surface area contributed by atoms with Gasteiger partial charge in [0, 0.05) is 13.1 Å². The van der Waals surface area contributed by atoms with Crippen molar-refractivity contribution in [3.8, 4) is 5.75 Å². The van der Waals surface area contributed by atoms with Crippen molar-refractivity contribution in [1.82, 2.24) is 9.62 Å². The predicted molar refractivity (Wildman–Crippen MR) is 108 cm³/mol. The summed E-state index contributed by atoms with van der Waals surface area (Å²) >= 11 is 0. The maximum absolute atomic E-state index is 12.9. The number of nitrogens with zero attached hydrogens (tertiary/aromatic N) is 1. The fourth-order valence-corrected chi connectivity index (χ4v) is 4.57. The van der Waals surface area contributed by atoms with Gasteiger partial charge in [0.1, 0.15) is 11.8 Å². The Kier molecular flexibility index (Phi) is 6.70. The number of methoxy groups -OCH3 is 1. The fourth-order valence-electron chi connectivity index (χ4n) is 3.13. The van der Waals surface area contributed by atoms with Crippen molar-refractivity contribution in [2.45, 2.75) is 10.9 Å². The molecular formula is C20H23N3O6S. The summed E-state index contributed by atoms with van der Waals surface area (Å²) in [5, 5.41) is 2.56. The molecule has 0 bridgehead atoms. The molecule has 0 saturated carbocycles. The van der Waals surface area contributed by atoms with Crippen LogP contribution in [0.15, 0.2) is 53.4 Å². The maximum atomic E-state index is 12.9. The van der Waals surface area contributed by atoms with E-state index in [1.807, 2.05) is 0 Å². The van der Waals surface area contributed by atoms with Gasteiger partial charge in [-0.05, 0) is 23.8 Å². The molecular weight excluding hydrogens is 410 g/mol. The van der Waals surface area contributed by atoms with Crippen molar-refractivity contribution in [3.05, 3.63) is 59.7 Å². The number of rotatable bonds is 7. The molecule has 10 heteroatoms. The lowest BCUT2D eigenvalue weighted by Gasteiger charge is -2.26. The summed E-state index contributed by atoms with van der Waals surface area (Å²) in [7, 11) is -2.45. The van der Waals surface area contributed by atoms with E-state index in [0.717, 1.165) is 0 Å². The van der Waals surface area contributed by atoms with Gasteiger partial charge in [0.25, 0.3) is 5.91 Å². The largest absolute Gasteiger partial charge is 0.496 e. The number of morpholine rings is 1. The molecule has 3 N–H and O–H groups in total. The Balaban J connectivity index is 1.93. The smallest absolute Gasteiger partial charge is 0.255 e. The highest BCUT2D eigenvalue weighted by atomic mass is 32.2. The van der Waals surface area contributed by atoms with Crippen LogP contribution in [0.1, 0.15) is 22.0 Å². The summed E-state index contributed by atoms with van der Waals surface area (Å²) in [6, 6.07) is 11.5. The normalized spacial score (nSPS) is 15.9.